The van der Waals surface area contributed by atoms with Crippen LogP contribution in [0.1, 0.15) is 31.7 Å². The molecule has 9 heteroatoms. The van der Waals surface area contributed by atoms with E-state index >= 15 is 0 Å². The molecule has 1 atom stereocenters. The lowest BCUT2D eigenvalue weighted by atomic mass is 9.95. The first kappa shape index (κ1) is 28.9. The van der Waals surface area contributed by atoms with Crippen LogP contribution in [0.2, 0.25) is 0 Å². The fourth-order valence-electron chi connectivity index (χ4n) is 4.78. The van der Waals surface area contributed by atoms with Gasteiger partial charge in [-0.15, -0.1) is 0 Å². The van der Waals surface area contributed by atoms with Crippen LogP contribution >= 0.6 is 0 Å². The van der Waals surface area contributed by atoms with Crippen LogP contribution in [0.4, 0.5) is 11.4 Å². The molecular formula is C29H34ClN4O4-. The van der Waals surface area contributed by atoms with E-state index in [1.54, 1.807) is 20.3 Å². The van der Waals surface area contributed by atoms with Gasteiger partial charge in [-0.2, -0.15) is 0 Å². The zero-order chi connectivity index (χ0) is 26.4. The van der Waals surface area contributed by atoms with Crippen molar-refractivity contribution in [3.05, 3.63) is 76.3 Å². The van der Waals surface area contributed by atoms with Crippen molar-refractivity contribution in [3.8, 4) is 11.5 Å². The molecule has 1 heterocycles. The number of benzene rings is 3. The number of fused-ring (bicyclic) bond motifs is 2. The molecule has 202 valence electrons. The first-order valence-electron chi connectivity index (χ1n) is 12.6. The highest BCUT2D eigenvalue weighted by Crippen LogP contribution is 2.39. The Morgan fingerprint density at radius 1 is 0.947 bits per heavy atom. The Balaban J connectivity index is 0.00000400. The van der Waals surface area contributed by atoms with Crippen LogP contribution < -0.4 is 27.2 Å². The molecule has 0 bridgehead atoms. The van der Waals surface area contributed by atoms with Gasteiger partial charge in [0, 0.05) is 41.4 Å². The van der Waals surface area contributed by atoms with Gasteiger partial charge in [0.15, 0.2) is 11.5 Å². The SMILES string of the molecule is CCN(CC)CCC(CNc1c2ccc([N+](=O)[O-])cc2nc2cc(OC)c(OC)cc12)c1ccccc1.[Cl-]. The maximum Gasteiger partial charge on any atom is 0.271 e. The van der Waals surface area contributed by atoms with E-state index in [9.17, 15) is 10.1 Å². The Morgan fingerprint density at radius 2 is 1.61 bits per heavy atom. The van der Waals surface area contributed by atoms with Gasteiger partial charge in [-0.05, 0) is 43.8 Å². The number of nitrogens with one attached hydrogen (secondary N) is 1. The summed E-state index contributed by atoms with van der Waals surface area (Å²) in [5.41, 5.74) is 3.38. The number of pyridine rings is 1. The molecule has 0 aliphatic carbocycles. The third-order valence-corrected chi connectivity index (χ3v) is 6.96. The molecule has 38 heavy (non-hydrogen) atoms. The summed E-state index contributed by atoms with van der Waals surface area (Å²) in [4.78, 5) is 18.2. The van der Waals surface area contributed by atoms with Crippen molar-refractivity contribution in [3.63, 3.8) is 0 Å². The molecular weight excluding hydrogens is 504 g/mol. The molecule has 0 aliphatic heterocycles. The minimum absolute atomic E-state index is 0. The van der Waals surface area contributed by atoms with Crippen LogP contribution in [0, 0.1) is 10.1 Å². The van der Waals surface area contributed by atoms with Crippen molar-refractivity contribution in [2.75, 3.05) is 45.7 Å². The molecule has 0 fully saturated rings. The predicted octanol–water partition coefficient (Wildman–Crippen LogP) is 3.25. The molecule has 0 saturated heterocycles. The Hall–Kier alpha value is -3.62. The lowest BCUT2D eigenvalue weighted by Gasteiger charge is -2.24. The maximum atomic E-state index is 11.4. The number of hydrogen-bond donors (Lipinski definition) is 1. The van der Waals surface area contributed by atoms with Crippen LogP contribution in [0.3, 0.4) is 0 Å². The van der Waals surface area contributed by atoms with Crippen LogP contribution in [0.25, 0.3) is 21.8 Å². The van der Waals surface area contributed by atoms with E-state index in [0.29, 0.717) is 29.1 Å². The summed E-state index contributed by atoms with van der Waals surface area (Å²) in [6.45, 7) is 8.12. The number of nitro groups is 1. The maximum absolute atomic E-state index is 11.4. The molecule has 0 amide bonds. The van der Waals surface area contributed by atoms with Crippen LogP contribution in [-0.4, -0.2) is 55.2 Å². The van der Waals surface area contributed by atoms with Gasteiger partial charge in [-0.1, -0.05) is 44.2 Å². The molecule has 1 N–H and O–H groups in total. The monoisotopic (exact) mass is 537 g/mol. The zero-order valence-corrected chi connectivity index (χ0v) is 23.0. The second kappa shape index (κ2) is 13.3. The third-order valence-electron chi connectivity index (χ3n) is 6.96. The van der Waals surface area contributed by atoms with Crippen molar-refractivity contribution in [2.24, 2.45) is 0 Å². The van der Waals surface area contributed by atoms with E-state index in [1.165, 1.54) is 17.7 Å². The van der Waals surface area contributed by atoms with E-state index in [2.05, 4.69) is 48.3 Å². The van der Waals surface area contributed by atoms with E-state index in [0.717, 1.165) is 42.5 Å². The molecule has 1 unspecified atom stereocenters. The zero-order valence-electron chi connectivity index (χ0n) is 22.2. The summed E-state index contributed by atoms with van der Waals surface area (Å²) in [7, 11) is 3.18. The number of methoxy groups -OCH3 is 2. The number of nitro benzene ring substituents is 1. The highest BCUT2D eigenvalue weighted by atomic mass is 35.5. The summed E-state index contributed by atoms with van der Waals surface area (Å²) >= 11 is 0. The van der Waals surface area contributed by atoms with E-state index in [-0.39, 0.29) is 24.0 Å². The number of hydrogen-bond acceptors (Lipinski definition) is 7. The lowest BCUT2D eigenvalue weighted by Crippen LogP contribution is -3.00. The summed E-state index contributed by atoms with van der Waals surface area (Å²) < 4.78 is 11.1. The number of aromatic nitrogens is 1. The van der Waals surface area contributed by atoms with Gasteiger partial charge in [0.05, 0.1) is 35.9 Å². The molecule has 0 aliphatic rings. The summed E-state index contributed by atoms with van der Waals surface area (Å²) in [5, 5.41) is 16.8. The van der Waals surface area contributed by atoms with E-state index in [4.69, 9.17) is 14.5 Å². The topological polar surface area (TPSA) is 89.8 Å². The highest BCUT2D eigenvalue weighted by molar-refractivity contribution is 6.08. The average molecular weight is 538 g/mol. The number of non-ortho nitro benzene ring substituents is 1. The van der Waals surface area contributed by atoms with Crippen molar-refractivity contribution >= 4 is 33.2 Å². The second-order valence-electron chi connectivity index (χ2n) is 8.97. The fraction of sp³-hybridized carbons (Fsp3) is 0.345. The third kappa shape index (κ3) is 6.26. The number of halogens is 1. The molecule has 4 rings (SSSR count). The summed E-state index contributed by atoms with van der Waals surface area (Å²) in [6, 6.07) is 19.1. The van der Waals surface area contributed by atoms with E-state index < -0.39 is 4.92 Å². The smallest absolute Gasteiger partial charge is 0.271 e. The van der Waals surface area contributed by atoms with Crippen LogP contribution in [0.15, 0.2) is 60.7 Å². The largest absolute Gasteiger partial charge is 1.00 e. The number of ether oxygens (including phenoxy) is 2. The standard InChI is InChI=1S/C29H34N4O4.ClH/c1-5-32(6-2)15-14-21(20-10-8-7-9-11-20)19-30-29-23-13-12-22(33(34)35)16-25(23)31-26-18-28(37-4)27(36-3)17-24(26)29;/h7-13,16-18,21H,5-6,14-15,19H2,1-4H3,(H,30,31);1H/p-1. The number of rotatable bonds is 12. The van der Waals surface area contributed by atoms with Gasteiger partial charge in [0.2, 0.25) is 0 Å². The predicted molar refractivity (Wildman–Crippen MR) is 149 cm³/mol. The van der Waals surface area contributed by atoms with Crippen LogP contribution in [-0.2, 0) is 0 Å². The lowest BCUT2D eigenvalue weighted by molar-refractivity contribution is -0.384. The molecule has 8 nitrogen and oxygen atoms in total. The molecule has 0 saturated carbocycles. The molecule has 1 aromatic heterocycles. The normalized spacial score (nSPS) is 11.8. The van der Waals surface area contributed by atoms with E-state index in [1.807, 2.05) is 18.2 Å². The van der Waals surface area contributed by atoms with Gasteiger partial charge in [0.25, 0.3) is 5.69 Å². The molecule has 0 spiro atoms. The fourth-order valence-corrected chi connectivity index (χ4v) is 4.78. The van der Waals surface area contributed by atoms with Crippen molar-refractivity contribution < 1.29 is 26.8 Å². The van der Waals surface area contributed by atoms with Gasteiger partial charge < -0.3 is 32.1 Å². The molecule has 4 aromatic rings. The average Bonchev–Trinajstić information content (AvgIpc) is 2.93. The van der Waals surface area contributed by atoms with Crippen molar-refractivity contribution in [1.82, 2.24) is 9.88 Å². The summed E-state index contributed by atoms with van der Waals surface area (Å²) in [5.74, 6) is 1.43. The van der Waals surface area contributed by atoms with Crippen molar-refractivity contribution in [2.45, 2.75) is 26.2 Å². The minimum atomic E-state index is -0.397. The first-order chi connectivity index (χ1) is 18.0. The Labute approximate surface area is 229 Å². The van der Waals surface area contributed by atoms with Crippen molar-refractivity contribution in [1.29, 1.82) is 0 Å². The molecule has 3 aromatic carbocycles. The van der Waals surface area contributed by atoms with Gasteiger partial charge in [-0.3, -0.25) is 10.1 Å². The Kier molecular flexibility index (Phi) is 10.1. The first-order valence-corrected chi connectivity index (χ1v) is 12.6. The Morgan fingerprint density at radius 3 is 2.24 bits per heavy atom. The number of anilines is 1. The van der Waals surface area contributed by atoms with Crippen LogP contribution in [0.5, 0.6) is 11.5 Å². The summed E-state index contributed by atoms with van der Waals surface area (Å²) in [6.07, 6.45) is 1.00. The second-order valence-corrected chi connectivity index (χ2v) is 8.97. The number of nitrogens with zero attached hydrogens (tertiary/aromatic N) is 3. The highest BCUT2D eigenvalue weighted by Gasteiger charge is 2.19. The van der Waals surface area contributed by atoms with Gasteiger partial charge >= 0.3 is 0 Å². The van der Waals surface area contributed by atoms with Gasteiger partial charge in [0.1, 0.15) is 0 Å². The van der Waals surface area contributed by atoms with Gasteiger partial charge in [-0.25, -0.2) is 4.98 Å². The quantitative estimate of drug-likeness (QED) is 0.168. The Bertz CT molecular complexity index is 1380. The molecule has 0 radical (unpaired) electrons. The minimum Gasteiger partial charge on any atom is -1.00 e.